The third kappa shape index (κ3) is 2.22. The zero-order valence-corrected chi connectivity index (χ0v) is 8.21. The highest BCUT2D eigenvalue weighted by atomic mass is 32.2. The quantitative estimate of drug-likeness (QED) is 0.701. The fraction of sp³-hybridized carbons (Fsp3) is 0.714. The zero-order valence-electron chi connectivity index (χ0n) is 7.40. The number of aromatic nitrogens is 3. The molecule has 1 aromatic heterocycles. The Morgan fingerprint density at radius 3 is 2.92 bits per heavy atom. The van der Waals surface area contributed by atoms with E-state index in [1.54, 1.807) is 18.1 Å². The zero-order chi connectivity index (χ0) is 8.97. The van der Waals surface area contributed by atoms with Crippen LogP contribution in [-0.2, 0) is 7.05 Å². The molecule has 0 bridgehead atoms. The first-order valence-electron chi connectivity index (χ1n) is 3.98. The molecule has 1 heterocycles. The van der Waals surface area contributed by atoms with Gasteiger partial charge < -0.3 is 10.3 Å². The van der Waals surface area contributed by atoms with Gasteiger partial charge >= 0.3 is 0 Å². The van der Waals surface area contributed by atoms with Crippen molar-refractivity contribution in [2.24, 2.45) is 12.8 Å². The lowest BCUT2D eigenvalue weighted by molar-refractivity contribution is 0.768. The number of nitrogens with zero attached hydrogens (tertiary/aromatic N) is 3. The van der Waals surface area contributed by atoms with Gasteiger partial charge in [0, 0.05) is 18.8 Å². The van der Waals surface area contributed by atoms with Crippen LogP contribution in [0.25, 0.3) is 0 Å². The Balaban J connectivity index is 2.56. The fourth-order valence-electron chi connectivity index (χ4n) is 0.826. The topological polar surface area (TPSA) is 56.7 Å². The highest BCUT2D eigenvalue weighted by Crippen LogP contribution is 2.21. The number of hydrogen-bond acceptors (Lipinski definition) is 4. The van der Waals surface area contributed by atoms with E-state index < -0.39 is 0 Å². The summed E-state index contributed by atoms with van der Waals surface area (Å²) in [6.45, 7) is 2.81. The second-order valence-corrected chi connectivity index (χ2v) is 3.88. The van der Waals surface area contributed by atoms with E-state index in [2.05, 4.69) is 17.1 Å². The summed E-state index contributed by atoms with van der Waals surface area (Å²) in [6.07, 6.45) is 2.76. The van der Waals surface area contributed by atoms with Crippen LogP contribution in [0.2, 0.25) is 0 Å². The van der Waals surface area contributed by atoms with Gasteiger partial charge in [0.15, 0.2) is 5.16 Å². The summed E-state index contributed by atoms with van der Waals surface area (Å²) >= 11 is 1.69. The van der Waals surface area contributed by atoms with Crippen molar-refractivity contribution >= 4 is 11.8 Å². The molecule has 0 saturated carbocycles. The van der Waals surface area contributed by atoms with Gasteiger partial charge in [-0.1, -0.05) is 18.7 Å². The van der Waals surface area contributed by atoms with Gasteiger partial charge in [-0.05, 0) is 6.42 Å². The van der Waals surface area contributed by atoms with Gasteiger partial charge in [-0.3, -0.25) is 0 Å². The van der Waals surface area contributed by atoms with Crippen molar-refractivity contribution in [3.63, 3.8) is 0 Å². The van der Waals surface area contributed by atoms with Crippen LogP contribution < -0.4 is 5.73 Å². The second kappa shape index (κ2) is 4.47. The molecular formula is C7H14N4S. The molecule has 0 aliphatic rings. The third-order valence-corrected chi connectivity index (χ3v) is 3.10. The maximum Gasteiger partial charge on any atom is 0.191 e. The van der Waals surface area contributed by atoms with Crippen LogP contribution >= 0.6 is 11.8 Å². The largest absolute Gasteiger partial charge is 0.329 e. The molecule has 0 aliphatic carbocycles. The lowest BCUT2D eigenvalue weighted by Crippen LogP contribution is -2.16. The molecule has 0 aliphatic heterocycles. The molecule has 1 aromatic rings. The first-order valence-corrected chi connectivity index (χ1v) is 4.86. The number of aryl methyl sites for hydroxylation is 1. The minimum Gasteiger partial charge on any atom is -0.329 e. The molecule has 1 unspecified atom stereocenters. The van der Waals surface area contributed by atoms with Gasteiger partial charge in [-0.25, -0.2) is 0 Å². The van der Waals surface area contributed by atoms with E-state index in [1.165, 1.54) is 0 Å². The maximum atomic E-state index is 5.57. The van der Waals surface area contributed by atoms with Crippen LogP contribution in [0.3, 0.4) is 0 Å². The number of nitrogens with two attached hydrogens (primary N) is 1. The Morgan fingerprint density at radius 1 is 1.75 bits per heavy atom. The highest BCUT2D eigenvalue weighted by molar-refractivity contribution is 7.99. The SMILES string of the molecule is CCC(CN)Sc1nncn1C. The normalized spacial score (nSPS) is 13.2. The molecule has 0 radical (unpaired) electrons. The molecule has 0 spiro atoms. The Bertz CT molecular complexity index is 231. The van der Waals surface area contributed by atoms with Gasteiger partial charge in [-0.2, -0.15) is 0 Å². The summed E-state index contributed by atoms with van der Waals surface area (Å²) in [4.78, 5) is 0. The monoisotopic (exact) mass is 186 g/mol. The van der Waals surface area contributed by atoms with Crippen molar-refractivity contribution in [1.82, 2.24) is 14.8 Å². The van der Waals surface area contributed by atoms with Gasteiger partial charge in [0.2, 0.25) is 0 Å². The van der Waals surface area contributed by atoms with E-state index in [-0.39, 0.29) is 0 Å². The van der Waals surface area contributed by atoms with E-state index in [0.717, 1.165) is 11.6 Å². The van der Waals surface area contributed by atoms with Gasteiger partial charge in [-0.15, -0.1) is 10.2 Å². The summed E-state index contributed by atoms with van der Waals surface area (Å²) in [6, 6.07) is 0. The van der Waals surface area contributed by atoms with Crippen molar-refractivity contribution < 1.29 is 0 Å². The standard InChI is InChI=1S/C7H14N4S/c1-3-6(4-8)12-7-10-9-5-11(7)2/h5-6H,3-4,8H2,1-2H3. The molecule has 0 fully saturated rings. The van der Waals surface area contributed by atoms with Crippen LogP contribution in [0, 0.1) is 0 Å². The average molecular weight is 186 g/mol. The number of rotatable bonds is 4. The molecule has 2 N–H and O–H groups in total. The lowest BCUT2D eigenvalue weighted by atomic mass is 10.3. The summed E-state index contributed by atoms with van der Waals surface area (Å²) in [5.74, 6) is 0. The van der Waals surface area contributed by atoms with Crippen LogP contribution in [0.4, 0.5) is 0 Å². The van der Waals surface area contributed by atoms with Crippen LogP contribution in [-0.4, -0.2) is 26.6 Å². The smallest absolute Gasteiger partial charge is 0.191 e. The van der Waals surface area contributed by atoms with Gasteiger partial charge in [0.05, 0.1) is 0 Å². The van der Waals surface area contributed by atoms with Gasteiger partial charge in [0.1, 0.15) is 6.33 Å². The molecule has 0 amide bonds. The van der Waals surface area contributed by atoms with E-state index >= 15 is 0 Å². The van der Waals surface area contributed by atoms with Crippen molar-refractivity contribution in [3.8, 4) is 0 Å². The Morgan fingerprint density at radius 2 is 2.50 bits per heavy atom. The average Bonchev–Trinajstić information content (AvgIpc) is 2.47. The maximum absolute atomic E-state index is 5.57. The number of thioether (sulfide) groups is 1. The van der Waals surface area contributed by atoms with E-state index in [9.17, 15) is 0 Å². The van der Waals surface area contributed by atoms with E-state index in [1.807, 2.05) is 11.6 Å². The molecule has 0 aromatic carbocycles. The number of hydrogen-bond donors (Lipinski definition) is 1. The van der Waals surface area contributed by atoms with Crippen LogP contribution in [0.15, 0.2) is 11.5 Å². The Labute approximate surface area is 76.5 Å². The molecule has 0 saturated heterocycles. The molecular weight excluding hydrogens is 172 g/mol. The minimum absolute atomic E-state index is 0.452. The van der Waals surface area contributed by atoms with Crippen LogP contribution in [0.5, 0.6) is 0 Å². The summed E-state index contributed by atoms with van der Waals surface area (Å²) < 4.78 is 1.91. The molecule has 1 rings (SSSR count). The van der Waals surface area contributed by atoms with Crippen molar-refractivity contribution in [3.05, 3.63) is 6.33 Å². The predicted octanol–water partition coefficient (Wildman–Crippen LogP) is 0.644. The molecule has 4 nitrogen and oxygen atoms in total. The molecule has 5 heteroatoms. The third-order valence-electron chi connectivity index (χ3n) is 1.66. The van der Waals surface area contributed by atoms with E-state index in [4.69, 9.17) is 5.73 Å². The van der Waals surface area contributed by atoms with Crippen LogP contribution in [0.1, 0.15) is 13.3 Å². The minimum atomic E-state index is 0.452. The van der Waals surface area contributed by atoms with Crippen molar-refractivity contribution in [2.45, 2.75) is 23.8 Å². The summed E-state index contributed by atoms with van der Waals surface area (Å²) in [5.41, 5.74) is 5.57. The Kier molecular flexibility index (Phi) is 3.55. The highest BCUT2D eigenvalue weighted by Gasteiger charge is 2.09. The van der Waals surface area contributed by atoms with Crippen molar-refractivity contribution in [1.29, 1.82) is 0 Å². The van der Waals surface area contributed by atoms with Crippen molar-refractivity contribution in [2.75, 3.05) is 6.54 Å². The molecule has 1 atom stereocenters. The first kappa shape index (κ1) is 9.54. The van der Waals surface area contributed by atoms with E-state index in [0.29, 0.717) is 11.8 Å². The first-order chi connectivity index (χ1) is 5.77. The van der Waals surface area contributed by atoms with Gasteiger partial charge in [0.25, 0.3) is 0 Å². The summed E-state index contributed by atoms with van der Waals surface area (Å²) in [7, 11) is 1.94. The lowest BCUT2D eigenvalue weighted by Gasteiger charge is -2.09. The second-order valence-electron chi connectivity index (χ2n) is 2.61. The predicted molar refractivity (Wildman–Crippen MR) is 50.0 cm³/mol. The Hall–Kier alpha value is -0.550. The molecule has 12 heavy (non-hydrogen) atoms. The molecule has 68 valence electrons. The fourth-order valence-corrected chi connectivity index (χ4v) is 1.70. The summed E-state index contributed by atoms with van der Waals surface area (Å²) in [5, 5.41) is 9.16.